The lowest BCUT2D eigenvalue weighted by Crippen LogP contribution is -2.29. The number of thioether (sulfide) groups is 1. The van der Waals surface area contributed by atoms with Crippen LogP contribution in [-0.2, 0) is 0 Å². The van der Waals surface area contributed by atoms with Crippen molar-refractivity contribution in [3.63, 3.8) is 0 Å². The molecule has 2 heteroatoms. The molecule has 1 nitrogen and oxygen atoms in total. The molecule has 1 saturated heterocycles. The SMILES string of the molecule is CC1=CN2CSCC2C(C)=C1. The molecular formula is C9H13NS. The fraction of sp³-hybridized carbons (Fsp3) is 0.556. The first-order valence-electron chi connectivity index (χ1n) is 3.97. The first-order chi connectivity index (χ1) is 5.27. The average Bonchev–Trinajstić information content (AvgIpc) is 2.34. The van der Waals surface area contributed by atoms with Gasteiger partial charge in [0.05, 0.1) is 11.9 Å². The third-order valence-electron chi connectivity index (χ3n) is 2.27. The van der Waals surface area contributed by atoms with Crippen molar-refractivity contribution in [3.8, 4) is 0 Å². The van der Waals surface area contributed by atoms with Gasteiger partial charge in [-0.15, -0.1) is 11.8 Å². The minimum absolute atomic E-state index is 0.698. The highest BCUT2D eigenvalue weighted by molar-refractivity contribution is 7.99. The van der Waals surface area contributed by atoms with Crippen LogP contribution in [0, 0.1) is 0 Å². The van der Waals surface area contributed by atoms with Crippen LogP contribution in [0.3, 0.4) is 0 Å². The molecule has 0 spiro atoms. The van der Waals surface area contributed by atoms with Gasteiger partial charge in [0.2, 0.25) is 0 Å². The van der Waals surface area contributed by atoms with Crippen molar-refractivity contribution in [3.05, 3.63) is 23.4 Å². The predicted molar refractivity (Wildman–Crippen MR) is 50.5 cm³/mol. The lowest BCUT2D eigenvalue weighted by atomic mass is 10.0. The fourth-order valence-corrected chi connectivity index (χ4v) is 2.98. The molecule has 2 rings (SSSR count). The second-order valence-electron chi connectivity index (χ2n) is 3.29. The van der Waals surface area contributed by atoms with Gasteiger partial charge in [-0.3, -0.25) is 0 Å². The van der Waals surface area contributed by atoms with Gasteiger partial charge in [0, 0.05) is 12.0 Å². The molecule has 1 unspecified atom stereocenters. The van der Waals surface area contributed by atoms with Gasteiger partial charge in [-0.05, 0) is 25.0 Å². The van der Waals surface area contributed by atoms with Crippen LogP contribution in [0.4, 0.5) is 0 Å². The number of nitrogens with zero attached hydrogens (tertiary/aromatic N) is 1. The zero-order chi connectivity index (χ0) is 7.84. The fourth-order valence-electron chi connectivity index (χ4n) is 1.73. The van der Waals surface area contributed by atoms with Crippen LogP contribution in [-0.4, -0.2) is 22.6 Å². The Morgan fingerprint density at radius 3 is 3.18 bits per heavy atom. The number of allylic oxidation sites excluding steroid dienone is 2. The minimum Gasteiger partial charge on any atom is -0.361 e. The third kappa shape index (κ3) is 1.20. The predicted octanol–water partition coefficient (Wildman–Crippen LogP) is 2.22. The molecule has 0 aromatic rings. The van der Waals surface area contributed by atoms with Crippen molar-refractivity contribution in [2.45, 2.75) is 19.9 Å². The van der Waals surface area contributed by atoms with Gasteiger partial charge in [0.25, 0.3) is 0 Å². The lowest BCUT2D eigenvalue weighted by molar-refractivity contribution is 0.393. The Morgan fingerprint density at radius 2 is 2.36 bits per heavy atom. The highest BCUT2D eigenvalue weighted by Gasteiger charge is 2.25. The van der Waals surface area contributed by atoms with E-state index in [2.05, 4.69) is 31.0 Å². The number of rotatable bonds is 0. The molecule has 0 saturated carbocycles. The van der Waals surface area contributed by atoms with E-state index in [1.54, 1.807) is 0 Å². The molecule has 0 bridgehead atoms. The van der Waals surface area contributed by atoms with Gasteiger partial charge in [0.1, 0.15) is 0 Å². The number of hydrogen-bond acceptors (Lipinski definition) is 2. The molecule has 2 aliphatic heterocycles. The quantitative estimate of drug-likeness (QED) is 0.544. The Bertz CT molecular complexity index is 230. The summed E-state index contributed by atoms with van der Waals surface area (Å²) in [4.78, 5) is 2.44. The Hall–Kier alpha value is -0.370. The molecule has 2 aliphatic rings. The van der Waals surface area contributed by atoms with Gasteiger partial charge in [-0.2, -0.15) is 0 Å². The Morgan fingerprint density at radius 1 is 1.55 bits per heavy atom. The van der Waals surface area contributed by atoms with Crippen LogP contribution in [0.25, 0.3) is 0 Å². The molecule has 11 heavy (non-hydrogen) atoms. The van der Waals surface area contributed by atoms with E-state index in [-0.39, 0.29) is 0 Å². The number of hydrogen-bond donors (Lipinski definition) is 0. The van der Waals surface area contributed by atoms with E-state index < -0.39 is 0 Å². The minimum atomic E-state index is 0.698. The third-order valence-corrected chi connectivity index (χ3v) is 3.30. The molecule has 0 amide bonds. The van der Waals surface area contributed by atoms with Crippen molar-refractivity contribution in [1.82, 2.24) is 4.90 Å². The van der Waals surface area contributed by atoms with E-state index in [9.17, 15) is 0 Å². The molecule has 60 valence electrons. The summed E-state index contributed by atoms with van der Waals surface area (Å²) in [6, 6.07) is 0.698. The highest BCUT2D eigenvalue weighted by atomic mass is 32.2. The molecule has 2 heterocycles. The second kappa shape index (κ2) is 2.59. The first-order valence-corrected chi connectivity index (χ1v) is 5.13. The molecular weight excluding hydrogens is 154 g/mol. The Balaban J connectivity index is 2.28. The van der Waals surface area contributed by atoms with Crippen molar-refractivity contribution in [2.75, 3.05) is 11.6 Å². The molecule has 0 N–H and O–H groups in total. The standard InChI is InChI=1S/C9H13NS/c1-7-3-8(2)9-5-11-6-10(9)4-7/h3-4,9H,5-6H2,1-2H3. The summed E-state index contributed by atoms with van der Waals surface area (Å²) in [5.41, 5.74) is 2.91. The summed E-state index contributed by atoms with van der Waals surface area (Å²) in [6.07, 6.45) is 4.57. The zero-order valence-electron chi connectivity index (χ0n) is 7.00. The summed E-state index contributed by atoms with van der Waals surface area (Å²) >= 11 is 2.03. The summed E-state index contributed by atoms with van der Waals surface area (Å²) in [7, 11) is 0. The summed E-state index contributed by atoms with van der Waals surface area (Å²) < 4.78 is 0. The topological polar surface area (TPSA) is 3.24 Å². The molecule has 0 aromatic carbocycles. The van der Waals surface area contributed by atoms with E-state index in [1.165, 1.54) is 22.8 Å². The monoisotopic (exact) mass is 167 g/mol. The van der Waals surface area contributed by atoms with Crippen molar-refractivity contribution < 1.29 is 0 Å². The van der Waals surface area contributed by atoms with Gasteiger partial charge < -0.3 is 4.90 Å². The second-order valence-corrected chi connectivity index (χ2v) is 4.29. The maximum atomic E-state index is 2.44. The van der Waals surface area contributed by atoms with E-state index in [1.807, 2.05) is 11.8 Å². The number of fused-ring (bicyclic) bond motifs is 1. The Kier molecular flexibility index (Phi) is 1.72. The molecule has 0 radical (unpaired) electrons. The summed E-state index contributed by atoms with van der Waals surface area (Å²) in [6.45, 7) is 4.41. The van der Waals surface area contributed by atoms with E-state index in [0.29, 0.717) is 6.04 Å². The Labute approximate surface area is 72.2 Å². The van der Waals surface area contributed by atoms with Crippen LogP contribution in [0.1, 0.15) is 13.8 Å². The van der Waals surface area contributed by atoms with Gasteiger partial charge in [-0.25, -0.2) is 0 Å². The van der Waals surface area contributed by atoms with Crippen LogP contribution >= 0.6 is 11.8 Å². The van der Waals surface area contributed by atoms with E-state index in [0.717, 1.165) is 0 Å². The summed E-state index contributed by atoms with van der Waals surface area (Å²) in [5, 5.41) is 0. The average molecular weight is 167 g/mol. The van der Waals surface area contributed by atoms with Crippen LogP contribution in [0.15, 0.2) is 23.4 Å². The normalized spacial score (nSPS) is 29.6. The molecule has 0 aromatic heterocycles. The molecule has 0 aliphatic carbocycles. The first kappa shape index (κ1) is 7.29. The van der Waals surface area contributed by atoms with Gasteiger partial charge >= 0.3 is 0 Å². The van der Waals surface area contributed by atoms with Gasteiger partial charge in [0.15, 0.2) is 0 Å². The molecule has 1 atom stereocenters. The van der Waals surface area contributed by atoms with Crippen LogP contribution in [0.2, 0.25) is 0 Å². The summed E-state index contributed by atoms with van der Waals surface area (Å²) in [5.74, 6) is 2.44. The highest BCUT2D eigenvalue weighted by Crippen LogP contribution is 2.30. The smallest absolute Gasteiger partial charge is 0.0641 e. The van der Waals surface area contributed by atoms with E-state index in [4.69, 9.17) is 0 Å². The van der Waals surface area contributed by atoms with Crippen molar-refractivity contribution >= 4 is 11.8 Å². The maximum Gasteiger partial charge on any atom is 0.0641 e. The maximum absolute atomic E-state index is 2.44. The van der Waals surface area contributed by atoms with Crippen molar-refractivity contribution in [2.24, 2.45) is 0 Å². The van der Waals surface area contributed by atoms with Crippen molar-refractivity contribution in [1.29, 1.82) is 0 Å². The zero-order valence-corrected chi connectivity index (χ0v) is 7.82. The lowest BCUT2D eigenvalue weighted by Gasteiger charge is -2.27. The van der Waals surface area contributed by atoms with E-state index >= 15 is 0 Å². The van der Waals surface area contributed by atoms with Gasteiger partial charge in [-0.1, -0.05) is 6.08 Å². The van der Waals surface area contributed by atoms with Crippen LogP contribution < -0.4 is 0 Å². The van der Waals surface area contributed by atoms with Crippen LogP contribution in [0.5, 0.6) is 0 Å². The molecule has 1 fully saturated rings. The largest absolute Gasteiger partial charge is 0.361 e.